The molecule has 1 aromatic heterocycles. The molecular weight excluding hydrogens is 434 g/mol. The van der Waals surface area contributed by atoms with Gasteiger partial charge in [0, 0.05) is 19.0 Å². The lowest BCUT2D eigenvalue weighted by Crippen LogP contribution is -2.40. The number of rotatable bonds is 5. The number of aromatic nitrogens is 2. The maximum Gasteiger partial charge on any atom is 0.274 e. The van der Waals surface area contributed by atoms with Crippen LogP contribution < -0.4 is 19.8 Å². The van der Waals surface area contributed by atoms with Gasteiger partial charge < -0.3 is 19.1 Å². The molecule has 0 saturated carbocycles. The van der Waals surface area contributed by atoms with Crippen molar-refractivity contribution in [1.29, 1.82) is 0 Å². The lowest BCUT2D eigenvalue weighted by atomic mass is 9.92. The lowest BCUT2D eigenvalue weighted by Gasteiger charge is -2.35. The zero-order valence-corrected chi connectivity index (χ0v) is 19.1. The molecule has 0 bridgehead atoms. The van der Waals surface area contributed by atoms with Crippen LogP contribution in [0.3, 0.4) is 0 Å². The van der Waals surface area contributed by atoms with Crippen LogP contribution in [-0.4, -0.2) is 47.0 Å². The summed E-state index contributed by atoms with van der Waals surface area (Å²) in [6, 6.07) is 16.1. The maximum atomic E-state index is 13.4. The summed E-state index contributed by atoms with van der Waals surface area (Å²) in [6.45, 7) is 4.34. The summed E-state index contributed by atoms with van der Waals surface area (Å²) in [5.74, 6) is 2.01. The molecule has 0 unspecified atom stereocenters. The van der Waals surface area contributed by atoms with Gasteiger partial charge in [0.2, 0.25) is 0 Å². The number of nitrogens with zero attached hydrogens (tertiary/aromatic N) is 3. The molecule has 1 amide bonds. The van der Waals surface area contributed by atoms with Crippen LogP contribution in [0, 0.1) is 0 Å². The van der Waals surface area contributed by atoms with Crippen molar-refractivity contribution in [2.24, 2.45) is 0 Å². The van der Waals surface area contributed by atoms with E-state index in [1.165, 1.54) is 16.8 Å². The van der Waals surface area contributed by atoms with Crippen molar-refractivity contribution in [2.75, 3.05) is 26.4 Å². The highest BCUT2D eigenvalue weighted by Gasteiger charge is 2.31. The van der Waals surface area contributed by atoms with Crippen molar-refractivity contribution >= 4 is 5.91 Å². The molecular formula is C26H27N3O5. The van der Waals surface area contributed by atoms with E-state index in [1.807, 2.05) is 49.4 Å². The average Bonchev–Trinajstić information content (AvgIpc) is 3.10. The van der Waals surface area contributed by atoms with Crippen molar-refractivity contribution in [3.05, 3.63) is 81.8 Å². The van der Waals surface area contributed by atoms with Gasteiger partial charge in [-0.05, 0) is 54.8 Å². The van der Waals surface area contributed by atoms with Crippen molar-refractivity contribution in [3.8, 4) is 17.2 Å². The van der Waals surface area contributed by atoms with Crippen molar-refractivity contribution < 1.29 is 19.0 Å². The Morgan fingerprint density at radius 1 is 1.09 bits per heavy atom. The van der Waals surface area contributed by atoms with E-state index in [-0.39, 0.29) is 36.4 Å². The van der Waals surface area contributed by atoms with Gasteiger partial charge in [0.05, 0.1) is 25.8 Å². The number of benzene rings is 2. The number of hydrogen-bond donors (Lipinski definition) is 0. The largest absolute Gasteiger partial charge is 0.492 e. The molecule has 3 heterocycles. The first-order valence-corrected chi connectivity index (χ1v) is 11.6. The van der Waals surface area contributed by atoms with Crippen molar-refractivity contribution in [1.82, 2.24) is 14.7 Å². The molecule has 0 N–H and O–H groups in total. The SMILES string of the molecule is C[C@H]1c2cc3c(cc2CCN1C(=O)c1ccc(=O)n(CCOc2ccccc2)n1)OCCCO3. The fourth-order valence-electron chi connectivity index (χ4n) is 4.39. The highest BCUT2D eigenvalue weighted by molar-refractivity contribution is 5.92. The topological polar surface area (TPSA) is 82.9 Å². The summed E-state index contributed by atoms with van der Waals surface area (Å²) < 4.78 is 18.6. The zero-order valence-electron chi connectivity index (χ0n) is 19.1. The van der Waals surface area contributed by atoms with E-state index in [4.69, 9.17) is 14.2 Å². The minimum atomic E-state index is -0.273. The van der Waals surface area contributed by atoms with Crippen LogP contribution >= 0.6 is 0 Å². The van der Waals surface area contributed by atoms with Crippen LogP contribution in [0.15, 0.2) is 59.4 Å². The zero-order chi connectivity index (χ0) is 23.5. The van der Waals surface area contributed by atoms with Crippen LogP contribution in [0.4, 0.5) is 0 Å². The van der Waals surface area contributed by atoms with Crippen molar-refractivity contribution in [2.45, 2.75) is 32.4 Å². The molecule has 0 spiro atoms. The Bertz CT molecular complexity index is 1240. The van der Waals surface area contributed by atoms with E-state index in [0.717, 1.165) is 34.8 Å². The summed E-state index contributed by atoms with van der Waals surface area (Å²) in [4.78, 5) is 27.5. The standard InChI is InChI=1S/C26H27N3O5/c1-18-21-17-24-23(33-13-5-14-34-24)16-19(21)10-11-28(18)26(31)22-8-9-25(30)29(27-22)12-15-32-20-6-3-2-4-7-20/h2-4,6-9,16-18H,5,10-15H2,1H3/t18-/m0/s1. The van der Waals surface area contributed by atoms with Gasteiger partial charge in [-0.25, -0.2) is 4.68 Å². The first-order chi connectivity index (χ1) is 16.6. The lowest BCUT2D eigenvalue weighted by molar-refractivity contribution is 0.0667. The van der Waals surface area contributed by atoms with Crippen molar-refractivity contribution in [3.63, 3.8) is 0 Å². The molecule has 8 nitrogen and oxygen atoms in total. The number of amides is 1. The Morgan fingerprint density at radius 3 is 2.65 bits per heavy atom. The Labute approximate surface area is 197 Å². The first-order valence-electron chi connectivity index (χ1n) is 11.6. The second-order valence-corrected chi connectivity index (χ2v) is 8.41. The van der Waals surface area contributed by atoms with Crippen LogP contribution in [-0.2, 0) is 13.0 Å². The number of ether oxygens (including phenoxy) is 3. The second-order valence-electron chi connectivity index (χ2n) is 8.41. The molecule has 176 valence electrons. The smallest absolute Gasteiger partial charge is 0.274 e. The van der Waals surface area contributed by atoms with Crippen LogP contribution in [0.1, 0.15) is 41.0 Å². The minimum Gasteiger partial charge on any atom is -0.492 e. The average molecular weight is 462 g/mol. The predicted molar refractivity (Wildman–Crippen MR) is 126 cm³/mol. The van der Waals surface area contributed by atoms with Gasteiger partial charge in [-0.2, -0.15) is 5.10 Å². The molecule has 0 saturated heterocycles. The molecule has 1 atom stereocenters. The Kier molecular flexibility index (Phi) is 6.20. The number of carbonyl (C=O) groups excluding carboxylic acids is 1. The Hall–Kier alpha value is -3.81. The van der Waals surface area contributed by atoms with E-state index in [1.54, 1.807) is 4.90 Å². The number of carbonyl (C=O) groups is 1. The van der Waals surface area contributed by atoms with E-state index in [2.05, 4.69) is 5.10 Å². The van der Waals surface area contributed by atoms with Crippen LogP contribution in [0.2, 0.25) is 0 Å². The highest BCUT2D eigenvalue weighted by atomic mass is 16.5. The van der Waals surface area contributed by atoms with Gasteiger partial charge in [0.25, 0.3) is 11.5 Å². The van der Waals surface area contributed by atoms with Gasteiger partial charge in [0.1, 0.15) is 18.1 Å². The maximum absolute atomic E-state index is 13.4. The third-order valence-corrected chi connectivity index (χ3v) is 6.21. The summed E-state index contributed by atoms with van der Waals surface area (Å²) >= 11 is 0. The molecule has 2 aliphatic rings. The quantitative estimate of drug-likeness (QED) is 0.580. The summed E-state index contributed by atoms with van der Waals surface area (Å²) in [5, 5.41) is 4.34. The summed E-state index contributed by atoms with van der Waals surface area (Å²) in [5.41, 5.74) is 2.18. The third-order valence-electron chi connectivity index (χ3n) is 6.21. The molecule has 5 rings (SSSR count). The normalized spacial score (nSPS) is 17.0. The summed E-state index contributed by atoms with van der Waals surface area (Å²) in [6.07, 6.45) is 1.56. The van der Waals surface area contributed by atoms with Gasteiger partial charge in [-0.1, -0.05) is 18.2 Å². The number of para-hydroxylation sites is 1. The van der Waals surface area contributed by atoms with E-state index in [9.17, 15) is 9.59 Å². The van der Waals surface area contributed by atoms with E-state index < -0.39 is 0 Å². The van der Waals surface area contributed by atoms with Gasteiger partial charge in [0.15, 0.2) is 11.5 Å². The number of hydrogen-bond acceptors (Lipinski definition) is 6. The molecule has 2 aromatic carbocycles. The minimum absolute atomic E-state index is 0.156. The third kappa shape index (κ3) is 4.48. The monoisotopic (exact) mass is 461 g/mol. The molecule has 0 fully saturated rings. The fraction of sp³-hybridized carbons (Fsp3) is 0.346. The van der Waals surface area contributed by atoms with Gasteiger partial charge in [-0.3, -0.25) is 9.59 Å². The van der Waals surface area contributed by atoms with Gasteiger partial charge in [-0.15, -0.1) is 0 Å². The molecule has 8 heteroatoms. The molecule has 2 aliphatic heterocycles. The Morgan fingerprint density at radius 2 is 1.85 bits per heavy atom. The molecule has 0 radical (unpaired) electrons. The number of fused-ring (bicyclic) bond motifs is 2. The van der Waals surface area contributed by atoms with Crippen LogP contribution in [0.25, 0.3) is 0 Å². The first kappa shape index (κ1) is 22.0. The van der Waals surface area contributed by atoms with Gasteiger partial charge >= 0.3 is 0 Å². The van der Waals surface area contributed by atoms with E-state index in [0.29, 0.717) is 26.2 Å². The second kappa shape index (κ2) is 9.59. The molecule has 3 aromatic rings. The predicted octanol–water partition coefficient (Wildman–Crippen LogP) is 3.24. The molecule has 34 heavy (non-hydrogen) atoms. The highest BCUT2D eigenvalue weighted by Crippen LogP contribution is 2.39. The van der Waals surface area contributed by atoms with E-state index >= 15 is 0 Å². The Balaban J connectivity index is 1.32. The van der Waals surface area contributed by atoms with Crippen LogP contribution in [0.5, 0.6) is 17.2 Å². The fourth-order valence-corrected chi connectivity index (χ4v) is 4.39. The summed E-state index contributed by atoms with van der Waals surface area (Å²) in [7, 11) is 0. The molecule has 0 aliphatic carbocycles.